The molecule has 1 unspecified atom stereocenters. The van der Waals surface area contributed by atoms with Crippen LogP contribution in [-0.4, -0.2) is 60.4 Å². The standard InChI is InChI=1S/C21H35BN2O5/c1-19(2,3)27-18(26)23-12-17(25)24-9-7-8-16(24)22-28-15-11-13-10-14(20(13,4)5)21(15,6)29-22/h13-16H,7-12H2,1-6H3,(H,23,26)/t13-,14?,15+,16-,21-/m0/s1. The van der Waals surface area contributed by atoms with Gasteiger partial charge in [-0.05, 0) is 70.6 Å². The van der Waals surface area contributed by atoms with Crippen LogP contribution in [0.5, 0.6) is 0 Å². The summed E-state index contributed by atoms with van der Waals surface area (Å²) in [6.07, 6.45) is 3.58. The Bertz CT molecular complexity index is 693. The van der Waals surface area contributed by atoms with Crippen molar-refractivity contribution in [1.29, 1.82) is 0 Å². The Morgan fingerprint density at radius 1 is 1.24 bits per heavy atom. The molecule has 2 bridgehead atoms. The van der Waals surface area contributed by atoms with Gasteiger partial charge in [0.15, 0.2) is 0 Å². The first-order valence-corrected chi connectivity index (χ1v) is 11.0. The first-order chi connectivity index (χ1) is 13.4. The largest absolute Gasteiger partial charge is 0.481 e. The number of ether oxygens (including phenoxy) is 1. The van der Waals surface area contributed by atoms with Crippen LogP contribution in [0.2, 0.25) is 0 Å². The Morgan fingerprint density at radius 3 is 2.62 bits per heavy atom. The van der Waals surface area contributed by atoms with Crippen LogP contribution in [0.4, 0.5) is 4.79 Å². The Labute approximate surface area is 174 Å². The van der Waals surface area contributed by atoms with Gasteiger partial charge in [0, 0.05) is 6.54 Å². The molecule has 5 aliphatic rings. The highest BCUT2D eigenvalue weighted by atomic mass is 16.7. The van der Waals surface area contributed by atoms with Gasteiger partial charge in [-0.15, -0.1) is 0 Å². The van der Waals surface area contributed by atoms with E-state index in [4.69, 9.17) is 14.0 Å². The number of amides is 2. The number of carbonyl (C=O) groups is 2. The van der Waals surface area contributed by atoms with Crippen molar-refractivity contribution in [2.75, 3.05) is 13.1 Å². The topological polar surface area (TPSA) is 77.1 Å². The van der Waals surface area contributed by atoms with Gasteiger partial charge < -0.3 is 24.3 Å². The summed E-state index contributed by atoms with van der Waals surface area (Å²) in [7, 11) is -0.381. The van der Waals surface area contributed by atoms with Crippen LogP contribution in [0.1, 0.15) is 67.2 Å². The van der Waals surface area contributed by atoms with E-state index in [0.29, 0.717) is 23.8 Å². The molecule has 5 atom stereocenters. The Balaban J connectivity index is 1.37. The number of nitrogens with zero attached hydrogens (tertiary/aromatic N) is 1. The molecule has 5 rings (SSSR count). The summed E-state index contributed by atoms with van der Waals surface area (Å²) in [5, 5.41) is 2.57. The number of hydrogen-bond donors (Lipinski definition) is 1. The molecule has 1 N–H and O–H groups in total. The van der Waals surface area contributed by atoms with Gasteiger partial charge in [0.05, 0.1) is 17.6 Å². The molecular formula is C21H35BN2O5. The third-order valence-electron chi connectivity index (χ3n) is 7.69. The molecule has 29 heavy (non-hydrogen) atoms. The van der Waals surface area contributed by atoms with Crippen molar-refractivity contribution in [3.8, 4) is 0 Å². The number of hydrogen-bond acceptors (Lipinski definition) is 5. The van der Waals surface area contributed by atoms with Gasteiger partial charge in [-0.2, -0.15) is 0 Å². The molecule has 0 aromatic rings. The van der Waals surface area contributed by atoms with Gasteiger partial charge in [-0.3, -0.25) is 4.79 Å². The zero-order valence-corrected chi connectivity index (χ0v) is 18.6. The molecular weight excluding hydrogens is 371 g/mol. The second-order valence-corrected chi connectivity index (χ2v) is 11.0. The van der Waals surface area contributed by atoms with E-state index >= 15 is 0 Å². The van der Waals surface area contributed by atoms with Crippen molar-refractivity contribution in [3.63, 3.8) is 0 Å². The van der Waals surface area contributed by atoms with E-state index in [0.717, 1.165) is 19.3 Å². The summed E-state index contributed by atoms with van der Waals surface area (Å²) in [6, 6.07) is 0. The molecule has 2 saturated heterocycles. The summed E-state index contributed by atoms with van der Waals surface area (Å²) < 4.78 is 18.2. The second kappa shape index (κ2) is 6.87. The quantitative estimate of drug-likeness (QED) is 0.730. The summed E-state index contributed by atoms with van der Waals surface area (Å²) in [4.78, 5) is 26.5. The molecule has 2 heterocycles. The summed E-state index contributed by atoms with van der Waals surface area (Å²) >= 11 is 0. The fourth-order valence-corrected chi connectivity index (χ4v) is 6.01. The molecule has 2 aliphatic heterocycles. The fraction of sp³-hybridized carbons (Fsp3) is 0.905. The molecule has 0 aromatic carbocycles. The smallest absolute Gasteiger partial charge is 0.444 e. The van der Waals surface area contributed by atoms with Gasteiger partial charge >= 0.3 is 13.2 Å². The van der Waals surface area contributed by atoms with E-state index < -0.39 is 11.7 Å². The fourth-order valence-electron chi connectivity index (χ4n) is 6.01. The van der Waals surface area contributed by atoms with Gasteiger partial charge in [0.25, 0.3) is 0 Å². The lowest BCUT2D eigenvalue weighted by atomic mass is 9.43. The van der Waals surface area contributed by atoms with E-state index in [-0.39, 0.29) is 37.2 Å². The predicted octanol–water partition coefficient (Wildman–Crippen LogP) is 2.77. The minimum absolute atomic E-state index is 0.0729. The number of likely N-dealkylation sites (tertiary alicyclic amines) is 1. The van der Waals surface area contributed by atoms with E-state index in [1.54, 1.807) is 20.8 Å². The maximum Gasteiger partial charge on any atom is 0.481 e. The van der Waals surface area contributed by atoms with Gasteiger partial charge in [-0.25, -0.2) is 4.79 Å². The van der Waals surface area contributed by atoms with Crippen LogP contribution in [0.25, 0.3) is 0 Å². The zero-order chi connectivity index (χ0) is 21.2. The van der Waals surface area contributed by atoms with Gasteiger partial charge in [0.1, 0.15) is 12.1 Å². The van der Waals surface area contributed by atoms with Crippen LogP contribution in [0.15, 0.2) is 0 Å². The average molecular weight is 406 g/mol. The maximum absolute atomic E-state index is 12.8. The van der Waals surface area contributed by atoms with Gasteiger partial charge in [0.2, 0.25) is 5.91 Å². The normalized spacial score (nSPS) is 37.7. The molecule has 0 radical (unpaired) electrons. The van der Waals surface area contributed by atoms with Crippen LogP contribution < -0.4 is 5.32 Å². The molecule has 3 saturated carbocycles. The molecule has 8 heteroatoms. The maximum atomic E-state index is 12.8. The van der Waals surface area contributed by atoms with Crippen LogP contribution in [-0.2, 0) is 18.8 Å². The Kier molecular flexibility index (Phi) is 4.97. The Hall–Kier alpha value is -1.28. The third-order valence-corrected chi connectivity index (χ3v) is 7.69. The van der Waals surface area contributed by atoms with Crippen molar-refractivity contribution in [2.24, 2.45) is 17.3 Å². The van der Waals surface area contributed by atoms with Crippen molar-refractivity contribution >= 4 is 19.1 Å². The van der Waals surface area contributed by atoms with Crippen LogP contribution >= 0.6 is 0 Å². The number of nitrogens with one attached hydrogen (secondary N) is 1. The van der Waals surface area contributed by atoms with Crippen LogP contribution in [0, 0.1) is 17.3 Å². The highest BCUT2D eigenvalue weighted by Crippen LogP contribution is 2.65. The lowest BCUT2D eigenvalue weighted by Crippen LogP contribution is -2.65. The minimum Gasteiger partial charge on any atom is -0.444 e. The average Bonchev–Trinajstić information content (AvgIpc) is 3.20. The monoisotopic (exact) mass is 406 g/mol. The molecule has 7 nitrogen and oxygen atoms in total. The number of rotatable bonds is 3. The summed E-state index contributed by atoms with van der Waals surface area (Å²) in [6.45, 7) is 12.9. The minimum atomic E-state index is -0.588. The van der Waals surface area contributed by atoms with Crippen molar-refractivity contribution in [1.82, 2.24) is 10.2 Å². The van der Waals surface area contributed by atoms with E-state index in [9.17, 15) is 9.59 Å². The SMILES string of the molecule is CC(C)(C)OC(=O)NCC(=O)N1CCC[C@H]1B1O[C@@H]2C[C@@H]3CC(C3(C)C)[C@]2(C)O1. The molecule has 2 amide bonds. The van der Waals surface area contributed by atoms with Crippen molar-refractivity contribution in [3.05, 3.63) is 0 Å². The summed E-state index contributed by atoms with van der Waals surface area (Å²) in [5.74, 6) is 0.997. The molecule has 0 aromatic heterocycles. The number of carbonyl (C=O) groups excluding carboxylic acids is 2. The number of alkyl carbamates (subject to hydrolysis) is 1. The van der Waals surface area contributed by atoms with Crippen molar-refractivity contribution in [2.45, 2.75) is 90.5 Å². The highest BCUT2D eigenvalue weighted by molar-refractivity contribution is 6.48. The Morgan fingerprint density at radius 2 is 1.97 bits per heavy atom. The lowest BCUT2D eigenvalue weighted by molar-refractivity contribution is -0.199. The third kappa shape index (κ3) is 3.56. The molecule has 0 spiro atoms. The van der Waals surface area contributed by atoms with Crippen molar-refractivity contribution < 1.29 is 23.6 Å². The van der Waals surface area contributed by atoms with Gasteiger partial charge in [-0.1, -0.05) is 13.8 Å². The first-order valence-electron chi connectivity index (χ1n) is 11.0. The molecule has 162 valence electrons. The van der Waals surface area contributed by atoms with E-state index in [1.807, 2.05) is 4.90 Å². The van der Waals surface area contributed by atoms with E-state index in [2.05, 4.69) is 26.1 Å². The van der Waals surface area contributed by atoms with Crippen LogP contribution in [0.3, 0.4) is 0 Å². The molecule has 3 aliphatic carbocycles. The first kappa shape index (κ1) is 21.0. The molecule has 5 fully saturated rings. The second-order valence-electron chi connectivity index (χ2n) is 11.0. The zero-order valence-electron chi connectivity index (χ0n) is 18.6. The predicted molar refractivity (Wildman–Crippen MR) is 109 cm³/mol. The van der Waals surface area contributed by atoms with E-state index in [1.165, 1.54) is 6.42 Å². The summed E-state index contributed by atoms with van der Waals surface area (Å²) in [5.41, 5.74) is -0.559. The highest BCUT2D eigenvalue weighted by Gasteiger charge is 2.69. The lowest BCUT2D eigenvalue weighted by Gasteiger charge is -2.64.